The Labute approximate surface area is 149 Å². The highest BCUT2D eigenvalue weighted by Gasteiger charge is 2.22. The molecule has 0 spiro atoms. The summed E-state index contributed by atoms with van der Waals surface area (Å²) in [6.45, 7) is 3.89. The third kappa shape index (κ3) is 6.30. The lowest BCUT2D eigenvalue weighted by molar-refractivity contribution is -0.122. The van der Waals surface area contributed by atoms with Crippen LogP contribution in [0, 0.1) is 13.8 Å². The van der Waals surface area contributed by atoms with E-state index in [0.717, 1.165) is 36.4 Å². The number of nitrogens with zero attached hydrogens (tertiary/aromatic N) is 2. The van der Waals surface area contributed by atoms with E-state index in [4.69, 9.17) is 0 Å². The van der Waals surface area contributed by atoms with Crippen LogP contribution in [0.5, 0.6) is 0 Å². The molecule has 2 rings (SSSR count). The zero-order chi connectivity index (χ0) is 17.4. The monoisotopic (exact) mass is 350 g/mol. The van der Waals surface area contributed by atoms with Crippen molar-refractivity contribution in [2.75, 3.05) is 17.3 Å². The van der Waals surface area contributed by atoms with Crippen molar-refractivity contribution >= 4 is 23.6 Å². The number of rotatable bonds is 7. The van der Waals surface area contributed by atoms with Crippen molar-refractivity contribution in [1.82, 2.24) is 15.3 Å². The minimum Gasteiger partial charge on any atom is -0.352 e. The molecule has 1 amide bonds. The van der Waals surface area contributed by atoms with Gasteiger partial charge in [-0.1, -0.05) is 25.7 Å². The Morgan fingerprint density at radius 2 is 1.83 bits per heavy atom. The normalized spacial score (nSPS) is 17.1. The van der Waals surface area contributed by atoms with Crippen molar-refractivity contribution in [2.45, 2.75) is 70.9 Å². The van der Waals surface area contributed by atoms with Crippen molar-refractivity contribution < 1.29 is 4.79 Å². The van der Waals surface area contributed by atoms with Crippen LogP contribution in [0.25, 0.3) is 0 Å². The molecular weight excluding hydrogens is 320 g/mol. The van der Waals surface area contributed by atoms with Crippen molar-refractivity contribution in [1.29, 1.82) is 0 Å². The summed E-state index contributed by atoms with van der Waals surface area (Å²) in [6, 6.07) is 1.98. The van der Waals surface area contributed by atoms with Gasteiger partial charge in [-0.2, -0.15) is 11.8 Å². The molecule has 1 heterocycles. The number of hydrogen-bond acceptors (Lipinski definition) is 5. The summed E-state index contributed by atoms with van der Waals surface area (Å²) in [6.07, 6.45) is 10.0. The topological polar surface area (TPSA) is 66.9 Å². The predicted molar refractivity (Wildman–Crippen MR) is 102 cm³/mol. The second-order valence-corrected chi connectivity index (χ2v) is 7.64. The van der Waals surface area contributed by atoms with Gasteiger partial charge in [-0.3, -0.25) is 4.79 Å². The van der Waals surface area contributed by atoms with E-state index in [1.807, 2.05) is 19.9 Å². The third-order valence-electron chi connectivity index (χ3n) is 4.41. The lowest BCUT2D eigenvalue weighted by Gasteiger charge is -2.22. The Hall–Kier alpha value is -1.30. The van der Waals surface area contributed by atoms with Gasteiger partial charge in [0.25, 0.3) is 0 Å². The van der Waals surface area contributed by atoms with E-state index >= 15 is 0 Å². The highest BCUT2D eigenvalue weighted by molar-refractivity contribution is 7.98. The first-order chi connectivity index (χ1) is 11.6. The molecule has 1 aromatic heterocycles. The molecule has 0 saturated heterocycles. The van der Waals surface area contributed by atoms with Crippen molar-refractivity contribution in [2.24, 2.45) is 0 Å². The van der Waals surface area contributed by atoms with Gasteiger partial charge in [0.1, 0.15) is 6.04 Å². The smallest absolute Gasteiger partial charge is 0.242 e. The molecule has 0 radical (unpaired) electrons. The Bertz CT molecular complexity index is 510. The van der Waals surface area contributed by atoms with Crippen LogP contribution in [-0.4, -0.2) is 40.0 Å². The van der Waals surface area contributed by atoms with Gasteiger partial charge in [0, 0.05) is 17.4 Å². The molecular formula is C18H30N4OS. The minimum atomic E-state index is -0.276. The fraction of sp³-hybridized carbons (Fsp3) is 0.722. The van der Waals surface area contributed by atoms with E-state index in [2.05, 4.69) is 26.9 Å². The first-order valence-electron chi connectivity index (χ1n) is 8.96. The zero-order valence-electron chi connectivity index (χ0n) is 15.1. The summed E-state index contributed by atoms with van der Waals surface area (Å²) >= 11 is 1.75. The number of carbonyl (C=O) groups is 1. The summed E-state index contributed by atoms with van der Waals surface area (Å²) in [5, 5.41) is 6.50. The lowest BCUT2D eigenvalue weighted by Crippen LogP contribution is -2.45. The van der Waals surface area contributed by atoms with Gasteiger partial charge in [-0.05, 0) is 51.2 Å². The van der Waals surface area contributed by atoms with E-state index < -0.39 is 0 Å². The number of nitrogens with one attached hydrogen (secondary N) is 2. The maximum Gasteiger partial charge on any atom is 0.242 e. The number of aryl methyl sites for hydroxylation is 2. The molecule has 2 N–H and O–H groups in total. The van der Waals surface area contributed by atoms with E-state index in [0.29, 0.717) is 12.0 Å². The van der Waals surface area contributed by atoms with Gasteiger partial charge in [0.15, 0.2) is 0 Å². The summed E-state index contributed by atoms with van der Waals surface area (Å²) in [5.74, 6) is 1.56. The van der Waals surface area contributed by atoms with Crippen LogP contribution >= 0.6 is 11.8 Å². The van der Waals surface area contributed by atoms with Gasteiger partial charge in [-0.15, -0.1) is 0 Å². The molecule has 1 aromatic rings. The van der Waals surface area contributed by atoms with Crippen LogP contribution in [0.3, 0.4) is 0 Å². The van der Waals surface area contributed by atoms with E-state index in [9.17, 15) is 4.79 Å². The maximum atomic E-state index is 12.8. The molecule has 134 valence electrons. The second-order valence-electron chi connectivity index (χ2n) is 6.65. The predicted octanol–water partition coefficient (Wildman–Crippen LogP) is 3.47. The first-order valence-corrected chi connectivity index (χ1v) is 10.4. The molecule has 0 aromatic carbocycles. The zero-order valence-corrected chi connectivity index (χ0v) is 15.9. The average Bonchev–Trinajstić information content (AvgIpc) is 2.79. The van der Waals surface area contributed by atoms with E-state index in [1.165, 1.54) is 25.7 Å². The quantitative estimate of drug-likeness (QED) is 0.737. The number of carbonyl (C=O) groups excluding carboxylic acids is 1. The molecule has 0 aliphatic heterocycles. The Kier molecular flexibility index (Phi) is 7.82. The van der Waals surface area contributed by atoms with Crippen LogP contribution in [0.4, 0.5) is 5.95 Å². The van der Waals surface area contributed by atoms with Crippen LogP contribution in [0.2, 0.25) is 0 Å². The van der Waals surface area contributed by atoms with Gasteiger partial charge in [-0.25, -0.2) is 9.97 Å². The lowest BCUT2D eigenvalue weighted by atomic mass is 10.1. The first kappa shape index (κ1) is 19.0. The molecule has 1 aliphatic rings. The molecule has 6 heteroatoms. The SMILES string of the molecule is CSCCC(Nc1nc(C)cc(C)n1)C(=O)NC1CCCCCC1. The van der Waals surface area contributed by atoms with E-state index in [1.54, 1.807) is 11.8 Å². The highest BCUT2D eigenvalue weighted by atomic mass is 32.2. The highest BCUT2D eigenvalue weighted by Crippen LogP contribution is 2.18. The number of aromatic nitrogens is 2. The number of thioether (sulfide) groups is 1. The molecule has 0 bridgehead atoms. The van der Waals surface area contributed by atoms with Gasteiger partial charge in [0.2, 0.25) is 11.9 Å². The van der Waals surface area contributed by atoms with Crippen molar-refractivity contribution in [3.05, 3.63) is 17.5 Å². The van der Waals surface area contributed by atoms with E-state index in [-0.39, 0.29) is 11.9 Å². The molecule has 1 saturated carbocycles. The fourth-order valence-electron chi connectivity index (χ4n) is 3.18. The Balaban J connectivity index is 2.01. The number of hydrogen-bond donors (Lipinski definition) is 2. The van der Waals surface area contributed by atoms with Gasteiger partial charge < -0.3 is 10.6 Å². The second kappa shape index (κ2) is 9.87. The third-order valence-corrected chi connectivity index (χ3v) is 5.06. The average molecular weight is 351 g/mol. The largest absolute Gasteiger partial charge is 0.352 e. The molecule has 1 fully saturated rings. The summed E-state index contributed by atoms with van der Waals surface area (Å²) in [4.78, 5) is 21.6. The standard InChI is InChI=1S/C18H30N4OS/c1-13-12-14(2)20-18(19-13)22-16(10-11-24-3)17(23)21-15-8-6-4-5-7-9-15/h12,15-16H,4-11H2,1-3H3,(H,21,23)(H,19,20,22). The molecule has 24 heavy (non-hydrogen) atoms. The van der Waals surface area contributed by atoms with Crippen LogP contribution < -0.4 is 10.6 Å². The van der Waals surface area contributed by atoms with Gasteiger partial charge in [0.05, 0.1) is 0 Å². The fourth-order valence-corrected chi connectivity index (χ4v) is 3.65. The van der Waals surface area contributed by atoms with Crippen LogP contribution in [0.15, 0.2) is 6.07 Å². The Morgan fingerprint density at radius 1 is 1.21 bits per heavy atom. The molecule has 1 atom stereocenters. The molecule has 1 unspecified atom stereocenters. The van der Waals surface area contributed by atoms with Gasteiger partial charge >= 0.3 is 0 Å². The maximum absolute atomic E-state index is 12.8. The molecule has 1 aliphatic carbocycles. The summed E-state index contributed by atoms with van der Waals surface area (Å²) in [5.41, 5.74) is 1.83. The van der Waals surface area contributed by atoms with Crippen LogP contribution in [0.1, 0.15) is 56.3 Å². The summed E-state index contributed by atoms with van der Waals surface area (Å²) < 4.78 is 0. The Morgan fingerprint density at radius 3 is 2.42 bits per heavy atom. The van der Waals surface area contributed by atoms with Crippen molar-refractivity contribution in [3.63, 3.8) is 0 Å². The molecule has 5 nitrogen and oxygen atoms in total. The summed E-state index contributed by atoms with van der Waals surface area (Å²) in [7, 11) is 0. The number of amides is 1. The van der Waals surface area contributed by atoms with Crippen LogP contribution in [-0.2, 0) is 4.79 Å². The number of anilines is 1. The minimum absolute atomic E-state index is 0.0821. The van der Waals surface area contributed by atoms with Crippen molar-refractivity contribution in [3.8, 4) is 0 Å².